The molecular weight excluding hydrogens is 180 g/mol. The van der Waals surface area contributed by atoms with Gasteiger partial charge in [-0.2, -0.15) is 0 Å². The van der Waals surface area contributed by atoms with E-state index in [1.165, 1.54) is 0 Å². The van der Waals surface area contributed by atoms with Crippen LogP contribution in [-0.4, -0.2) is 31.0 Å². The Kier molecular flexibility index (Phi) is 2.59. The maximum atomic E-state index is 9.28. The van der Waals surface area contributed by atoms with Gasteiger partial charge < -0.3 is 9.84 Å². The quantitative estimate of drug-likeness (QED) is 0.392. The Bertz CT molecular complexity index is 256. The van der Waals surface area contributed by atoms with E-state index in [1.54, 1.807) is 6.92 Å². The van der Waals surface area contributed by atoms with E-state index in [-0.39, 0.29) is 11.7 Å². The molecule has 1 aliphatic heterocycles. The molecule has 0 saturated carbocycles. The molecule has 2 nitrogen and oxygen atoms in total. The minimum absolute atomic E-state index is 0.0867. The Labute approximate surface area is 81.3 Å². The van der Waals surface area contributed by atoms with Crippen molar-refractivity contribution in [3.63, 3.8) is 0 Å². The third kappa shape index (κ3) is 2.83. The highest BCUT2D eigenvalue weighted by molar-refractivity contribution is 6.83. The number of hydrogen-bond acceptors (Lipinski definition) is 2. The Hall–Kier alpha value is -0.303. The Morgan fingerprint density at radius 2 is 2.00 bits per heavy atom. The molecule has 0 aromatic rings. The summed E-state index contributed by atoms with van der Waals surface area (Å²) >= 11 is 0. The third-order valence-corrected chi connectivity index (χ3v) is 2.86. The average molecular weight is 198 g/mol. The maximum absolute atomic E-state index is 9.28. The van der Waals surface area contributed by atoms with E-state index < -0.39 is 14.2 Å². The highest BCUT2D eigenvalue weighted by Crippen LogP contribution is 2.37. The molecule has 1 aliphatic rings. The highest BCUT2D eigenvalue weighted by Gasteiger charge is 2.54. The smallest absolute Gasteiger partial charge is 0.154 e. The molecule has 3 heteroatoms. The van der Waals surface area contributed by atoms with E-state index in [0.29, 0.717) is 0 Å². The van der Waals surface area contributed by atoms with Crippen LogP contribution in [0.15, 0.2) is 0 Å². The molecule has 0 aromatic carbocycles. The zero-order valence-corrected chi connectivity index (χ0v) is 10.0. The number of ether oxygens (including phenoxy) is 1. The molecule has 0 aromatic heterocycles. The van der Waals surface area contributed by atoms with Crippen molar-refractivity contribution in [1.29, 1.82) is 0 Å². The summed E-state index contributed by atoms with van der Waals surface area (Å²) in [6, 6.07) is 0. The fraction of sp³-hybridized carbons (Fsp3) is 0.800. The van der Waals surface area contributed by atoms with Crippen LogP contribution < -0.4 is 0 Å². The van der Waals surface area contributed by atoms with Gasteiger partial charge in [0.25, 0.3) is 0 Å². The average Bonchev–Trinajstić information content (AvgIpc) is 2.59. The van der Waals surface area contributed by atoms with E-state index >= 15 is 0 Å². The van der Waals surface area contributed by atoms with Crippen LogP contribution in [0.2, 0.25) is 19.6 Å². The summed E-state index contributed by atoms with van der Waals surface area (Å²) in [4.78, 5) is 0. The van der Waals surface area contributed by atoms with Gasteiger partial charge in [-0.3, -0.25) is 0 Å². The van der Waals surface area contributed by atoms with Crippen molar-refractivity contribution >= 4 is 8.07 Å². The summed E-state index contributed by atoms with van der Waals surface area (Å²) in [6.45, 7) is 10.3. The number of epoxide rings is 1. The SMILES string of the molecule is CC(O)C1OC1(C)C#C[Si](C)(C)C. The summed E-state index contributed by atoms with van der Waals surface area (Å²) in [5, 5.41) is 9.28. The molecule has 0 amide bonds. The van der Waals surface area contributed by atoms with Gasteiger partial charge in [-0.15, -0.1) is 5.54 Å². The lowest BCUT2D eigenvalue weighted by molar-refractivity contribution is 0.152. The van der Waals surface area contributed by atoms with Crippen LogP contribution in [0.5, 0.6) is 0 Å². The Morgan fingerprint density at radius 1 is 1.46 bits per heavy atom. The molecule has 0 radical (unpaired) electrons. The van der Waals surface area contributed by atoms with Gasteiger partial charge in [0.05, 0.1) is 6.10 Å². The van der Waals surface area contributed by atoms with E-state index in [4.69, 9.17) is 4.74 Å². The Morgan fingerprint density at radius 3 is 2.31 bits per heavy atom. The fourth-order valence-corrected chi connectivity index (χ4v) is 1.82. The van der Waals surface area contributed by atoms with Gasteiger partial charge in [0, 0.05) is 0 Å². The monoisotopic (exact) mass is 198 g/mol. The summed E-state index contributed by atoms with van der Waals surface area (Å²) in [5.41, 5.74) is 2.88. The van der Waals surface area contributed by atoms with Gasteiger partial charge in [0.15, 0.2) is 5.60 Å². The van der Waals surface area contributed by atoms with Gasteiger partial charge in [-0.05, 0) is 13.8 Å². The topological polar surface area (TPSA) is 32.8 Å². The van der Waals surface area contributed by atoms with Crippen LogP contribution in [0, 0.1) is 11.5 Å². The Balaban J connectivity index is 2.61. The van der Waals surface area contributed by atoms with Gasteiger partial charge >= 0.3 is 0 Å². The molecule has 3 unspecified atom stereocenters. The molecule has 0 spiro atoms. The second-order valence-corrected chi connectivity index (χ2v) is 9.64. The zero-order valence-electron chi connectivity index (χ0n) is 9.01. The van der Waals surface area contributed by atoms with Crippen LogP contribution in [-0.2, 0) is 4.74 Å². The molecule has 1 saturated heterocycles. The lowest BCUT2D eigenvalue weighted by atomic mass is 10.1. The summed E-state index contributed by atoms with van der Waals surface area (Å²) in [5.74, 6) is 3.13. The summed E-state index contributed by atoms with van der Waals surface area (Å²) in [7, 11) is -1.31. The highest BCUT2D eigenvalue weighted by atomic mass is 28.3. The summed E-state index contributed by atoms with van der Waals surface area (Å²) in [6.07, 6.45) is -0.503. The van der Waals surface area contributed by atoms with Crippen LogP contribution in [0.4, 0.5) is 0 Å². The normalized spacial score (nSPS) is 34.8. The van der Waals surface area contributed by atoms with Crippen molar-refractivity contribution in [2.24, 2.45) is 0 Å². The van der Waals surface area contributed by atoms with Gasteiger partial charge in [0.1, 0.15) is 14.2 Å². The first-order valence-electron chi connectivity index (χ1n) is 4.65. The van der Waals surface area contributed by atoms with Crippen LogP contribution in [0.3, 0.4) is 0 Å². The van der Waals surface area contributed by atoms with Gasteiger partial charge in [0.2, 0.25) is 0 Å². The second-order valence-electron chi connectivity index (χ2n) is 4.89. The lowest BCUT2D eigenvalue weighted by Gasteiger charge is -2.05. The predicted molar refractivity (Wildman–Crippen MR) is 56.1 cm³/mol. The largest absolute Gasteiger partial charge is 0.391 e. The van der Waals surface area contributed by atoms with Crippen LogP contribution >= 0.6 is 0 Å². The van der Waals surface area contributed by atoms with Crippen LogP contribution in [0.25, 0.3) is 0 Å². The minimum Gasteiger partial charge on any atom is -0.391 e. The molecule has 0 aliphatic carbocycles. The van der Waals surface area contributed by atoms with E-state index in [1.807, 2.05) is 6.92 Å². The van der Waals surface area contributed by atoms with Crippen molar-refractivity contribution < 1.29 is 9.84 Å². The molecule has 1 N–H and O–H groups in total. The molecular formula is C10H18O2Si. The predicted octanol–water partition coefficient (Wildman–Crippen LogP) is 1.41. The van der Waals surface area contributed by atoms with Crippen molar-refractivity contribution in [3.8, 4) is 11.5 Å². The first-order valence-corrected chi connectivity index (χ1v) is 8.15. The molecule has 1 fully saturated rings. The number of rotatable bonds is 1. The third-order valence-electron chi connectivity index (χ3n) is 1.98. The van der Waals surface area contributed by atoms with Crippen molar-refractivity contribution in [2.75, 3.05) is 0 Å². The van der Waals surface area contributed by atoms with E-state index in [2.05, 4.69) is 31.1 Å². The number of hydrogen-bond donors (Lipinski definition) is 1. The van der Waals surface area contributed by atoms with E-state index in [9.17, 15) is 5.11 Å². The standard InChI is InChI=1S/C10H18O2Si/c1-8(11)9-10(2,12-9)6-7-13(3,4)5/h8-9,11H,1-5H3. The first kappa shape index (κ1) is 10.8. The van der Waals surface area contributed by atoms with Gasteiger partial charge in [-0.1, -0.05) is 25.6 Å². The first-order chi connectivity index (χ1) is 5.75. The molecule has 1 heterocycles. The van der Waals surface area contributed by atoms with Crippen molar-refractivity contribution in [1.82, 2.24) is 0 Å². The fourth-order valence-electron chi connectivity index (χ4n) is 1.20. The molecule has 13 heavy (non-hydrogen) atoms. The number of aliphatic hydroxyl groups excluding tert-OH is 1. The molecule has 1 rings (SSSR count). The van der Waals surface area contributed by atoms with E-state index in [0.717, 1.165) is 0 Å². The van der Waals surface area contributed by atoms with Crippen molar-refractivity contribution in [2.45, 2.75) is 51.3 Å². The molecule has 3 atom stereocenters. The second kappa shape index (κ2) is 3.12. The minimum atomic E-state index is -1.31. The van der Waals surface area contributed by atoms with Gasteiger partial charge in [-0.25, -0.2) is 0 Å². The number of aliphatic hydroxyl groups is 1. The molecule has 74 valence electrons. The maximum Gasteiger partial charge on any atom is 0.154 e. The van der Waals surface area contributed by atoms with Crippen molar-refractivity contribution in [3.05, 3.63) is 0 Å². The zero-order chi connectivity index (χ0) is 10.3. The summed E-state index contributed by atoms with van der Waals surface area (Å²) < 4.78 is 5.36. The molecule has 0 bridgehead atoms. The lowest BCUT2D eigenvalue weighted by Crippen LogP contribution is -2.21. The van der Waals surface area contributed by atoms with Crippen LogP contribution in [0.1, 0.15) is 13.8 Å².